The lowest BCUT2D eigenvalue weighted by Gasteiger charge is -2.15. The first-order chi connectivity index (χ1) is 11.0. The lowest BCUT2D eigenvalue weighted by molar-refractivity contribution is 0.0781. The lowest BCUT2D eigenvalue weighted by atomic mass is 10.1. The third kappa shape index (κ3) is 3.38. The van der Waals surface area contributed by atoms with E-state index in [4.69, 9.17) is 17.3 Å². The van der Waals surface area contributed by atoms with Gasteiger partial charge < -0.3 is 10.6 Å². The molecule has 0 aliphatic carbocycles. The number of hydrogen-bond donors (Lipinski definition) is 1. The molecule has 1 fully saturated rings. The number of carbonyl (C=O) groups excluding carboxylic acids is 1. The Labute approximate surface area is 150 Å². The van der Waals surface area contributed by atoms with E-state index >= 15 is 0 Å². The van der Waals surface area contributed by atoms with Crippen molar-refractivity contribution >= 4 is 29.9 Å². The van der Waals surface area contributed by atoms with Gasteiger partial charge in [-0.3, -0.25) is 4.79 Å². The molecule has 1 unspecified atom stereocenters. The van der Waals surface area contributed by atoms with E-state index in [0.29, 0.717) is 42.6 Å². The molecule has 0 bridgehead atoms. The summed E-state index contributed by atoms with van der Waals surface area (Å²) in [4.78, 5) is 14.3. The maximum atomic E-state index is 13.3. The zero-order valence-electron chi connectivity index (χ0n) is 13.1. The van der Waals surface area contributed by atoms with E-state index in [1.165, 1.54) is 22.9 Å². The Hall–Kier alpha value is -1.70. The molecular formula is C15H18Cl2FN5O. The normalized spacial score (nSPS) is 17.0. The summed E-state index contributed by atoms with van der Waals surface area (Å²) >= 11 is 5.80. The van der Waals surface area contributed by atoms with Crippen LogP contribution in [0.15, 0.2) is 18.2 Å². The molecule has 9 heteroatoms. The molecule has 1 saturated heterocycles. The van der Waals surface area contributed by atoms with Gasteiger partial charge in [-0.15, -0.1) is 17.5 Å². The molecule has 6 nitrogen and oxygen atoms in total. The zero-order valence-corrected chi connectivity index (χ0v) is 14.6. The molecule has 1 atom stereocenters. The number of aromatic nitrogens is 3. The van der Waals surface area contributed by atoms with Gasteiger partial charge >= 0.3 is 0 Å². The molecule has 1 amide bonds. The van der Waals surface area contributed by atoms with Crippen LogP contribution in [-0.2, 0) is 0 Å². The third-order valence-electron chi connectivity index (χ3n) is 4.15. The molecule has 0 saturated carbocycles. The van der Waals surface area contributed by atoms with Gasteiger partial charge in [-0.25, -0.2) is 9.07 Å². The maximum Gasteiger partial charge on any atom is 0.276 e. The van der Waals surface area contributed by atoms with Crippen molar-refractivity contribution in [1.29, 1.82) is 0 Å². The first kappa shape index (κ1) is 18.6. The number of halogens is 3. The van der Waals surface area contributed by atoms with Gasteiger partial charge in [0.15, 0.2) is 5.69 Å². The highest BCUT2D eigenvalue weighted by Crippen LogP contribution is 2.22. The van der Waals surface area contributed by atoms with Gasteiger partial charge in [-0.1, -0.05) is 16.8 Å². The molecule has 0 radical (unpaired) electrons. The van der Waals surface area contributed by atoms with Crippen molar-refractivity contribution in [2.24, 2.45) is 11.7 Å². The number of amides is 1. The molecule has 2 N–H and O–H groups in total. The van der Waals surface area contributed by atoms with Crippen LogP contribution in [0.2, 0.25) is 5.02 Å². The Morgan fingerprint density at radius 1 is 1.50 bits per heavy atom. The van der Waals surface area contributed by atoms with Crippen molar-refractivity contribution in [2.45, 2.75) is 13.3 Å². The average molecular weight is 374 g/mol. The smallest absolute Gasteiger partial charge is 0.276 e. The Morgan fingerprint density at radius 3 is 2.88 bits per heavy atom. The molecule has 1 aliphatic rings. The van der Waals surface area contributed by atoms with Crippen molar-refractivity contribution < 1.29 is 9.18 Å². The van der Waals surface area contributed by atoms with Crippen molar-refractivity contribution in [1.82, 2.24) is 19.9 Å². The van der Waals surface area contributed by atoms with Crippen LogP contribution in [0.3, 0.4) is 0 Å². The number of nitrogens with two attached hydrogens (primary N) is 1. The van der Waals surface area contributed by atoms with Crippen molar-refractivity contribution in [3.63, 3.8) is 0 Å². The summed E-state index contributed by atoms with van der Waals surface area (Å²) in [6, 6.07) is 4.25. The summed E-state index contributed by atoms with van der Waals surface area (Å²) < 4.78 is 14.8. The highest BCUT2D eigenvalue weighted by molar-refractivity contribution is 6.30. The Balaban J connectivity index is 0.00000208. The van der Waals surface area contributed by atoms with E-state index in [-0.39, 0.29) is 23.3 Å². The Kier molecular flexibility index (Phi) is 5.79. The summed E-state index contributed by atoms with van der Waals surface area (Å²) in [7, 11) is 0. The lowest BCUT2D eigenvalue weighted by Crippen LogP contribution is -2.30. The van der Waals surface area contributed by atoms with E-state index < -0.39 is 5.82 Å². The quantitative estimate of drug-likeness (QED) is 0.894. The molecule has 24 heavy (non-hydrogen) atoms. The van der Waals surface area contributed by atoms with Gasteiger partial charge in [0, 0.05) is 13.1 Å². The first-order valence-electron chi connectivity index (χ1n) is 7.38. The number of nitrogens with zero attached hydrogens (tertiary/aromatic N) is 4. The van der Waals surface area contributed by atoms with Gasteiger partial charge in [-0.05, 0) is 44.0 Å². The molecule has 2 aromatic rings. The summed E-state index contributed by atoms with van der Waals surface area (Å²) in [5, 5.41) is 7.99. The average Bonchev–Trinajstić information content (AvgIpc) is 3.16. The Bertz CT molecular complexity index is 751. The highest BCUT2D eigenvalue weighted by Gasteiger charge is 2.29. The van der Waals surface area contributed by atoms with E-state index in [1.807, 2.05) is 0 Å². The van der Waals surface area contributed by atoms with E-state index in [9.17, 15) is 9.18 Å². The van der Waals surface area contributed by atoms with Crippen LogP contribution in [-0.4, -0.2) is 45.4 Å². The van der Waals surface area contributed by atoms with Crippen LogP contribution >= 0.6 is 24.0 Å². The molecule has 1 aromatic carbocycles. The summed E-state index contributed by atoms with van der Waals surface area (Å²) in [6.45, 7) is 3.64. The fourth-order valence-electron chi connectivity index (χ4n) is 2.75. The van der Waals surface area contributed by atoms with Crippen molar-refractivity contribution in [3.8, 4) is 5.69 Å². The number of benzene rings is 1. The fraction of sp³-hybridized carbons (Fsp3) is 0.400. The maximum absolute atomic E-state index is 13.3. The number of carbonyl (C=O) groups is 1. The van der Waals surface area contributed by atoms with Gasteiger partial charge in [-0.2, -0.15) is 0 Å². The largest absolute Gasteiger partial charge is 0.337 e. The minimum atomic E-state index is -0.505. The Morgan fingerprint density at radius 2 is 2.25 bits per heavy atom. The molecular weight excluding hydrogens is 356 g/mol. The van der Waals surface area contributed by atoms with Crippen molar-refractivity contribution in [3.05, 3.63) is 40.4 Å². The zero-order chi connectivity index (χ0) is 16.6. The van der Waals surface area contributed by atoms with Crippen LogP contribution in [0.1, 0.15) is 22.6 Å². The molecule has 1 aliphatic heterocycles. The minimum absolute atomic E-state index is 0. The minimum Gasteiger partial charge on any atom is -0.337 e. The van der Waals surface area contributed by atoms with Gasteiger partial charge in [0.1, 0.15) is 5.82 Å². The van der Waals surface area contributed by atoms with Gasteiger partial charge in [0.05, 0.1) is 16.4 Å². The van der Waals surface area contributed by atoms with Crippen LogP contribution in [0.25, 0.3) is 5.69 Å². The molecule has 1 aromatic heterocycles. The third-order valence-corrected chi connectivity index (χ3v) is 4.44. The van der Waals surface area contributed by atoms with Crippen LogP contribution in [0.5, 0.6) is 0 Å². The molecule has 3 rings (SSSR count). The SMILES string of the molecule is Cc1c(C(=O)N2CCC(CN)C2)nnn1-c1ccc(F)c(Cl)c1.Cl. The van der Waals surface area contributed by atoms with Crippen LogP contribution in [0.4, 0.5) is 4.39 Å². The summed E-state index contributed by atoms with van der Waals surface area (Å²) in [5.41, 5.74) is 7.10. The second-order valence-corrected chi connectivity index (χ2v) is 6.08. The first-order valence-corrected chi connectivity index (χ1v) is 7.76. The second-order valence-electron chi connectivity index (χ2n) is 5.68. The van der Waals surface area contributed by atoms with Crippen LogP contribution in [0, 0.1) is 18.7 Å². The highest BCUT2D eigenvalue weighted by atomic mass is 35.5. The topological polar surface area (TPSA) is 77.0 Å². The van der Waals surface area contributed by atoms with E-state index in [1.54, 1.807) is 11.8 Å². The van der Waals surface area contributed by atoms with E-state index in [0.717, 1.165) is 6.42 Å². The van der Waals surface area contributed by atoms with Gasteiger partial charge in [0.2, 0.25) is 0 Å². The fourth-order valence-corrected chi connectivity index (χ4v) is 2.92. The second kappa shape index (κ2) is 7.46. The molecule has 130 valence electrons. The summed E-state index contributed by atoms with van der Waals surface area (Å²) in [5.74, 6) is -0.322. The molecule has 0 spiro atoms. The predicted octanol–water partition coefficient (Wildman–Crippen LogP) is 2.21. The number of rotatable bonds is 3. The molecule has 2 heterocycles. The standard InChI is InChI=1S/C15H17ClFN5O.ClH/c1-9-14(15(23)21-5-4-10(7-18)8-21)19-20-22(9)11-2-3-13(17)12(16)6-11;/h2-3,6,10H,4-5,7-8,18H2,1H3;1H. The predicted molar refractivity (Wildman–Crippen MR) is 91.4 cm³/mol. The van der Waals surface area contributed by atoms with Gasteiger partial charge in [0.25, 0.3) is 5.91 Å². The number of hydrogen-bond acceptors (Lipinski definition) is 4. The van der Waals surface area contributed by atoms with Crippen molar-refractivity contribution in [2.75, 3.05) is 19.6 Å². The van der Waals surface area contributed by atoms with E-state index in [2.05, 4.69) is 10.3 Å². The summed E-state index contributed by atoms with van der Waals surface area (Å²) in [6.07, 6.45) is 0.906. The van der Waals surface area contributed by atoms with Crippen LogP contribution < -0.4 is 5.73 Å². The number of likely N-dealkylation sites (tertiary alicyclic amines) is 1. The monoisotopic (exact) mass is 373 g/mol.